The third-order valence-corrected chi connectivity index (χ3v) is 2.89. The first kappa shape index (κ1) is 13.1. The van der Waals surface area contributed by atoms with Crippen molar-refractivity contribution in [1.29, 1.82) is 0 Å². The molecule has 0 fully saturated rings. The highest BCUT2D eigenvalue weighted by Gasteiger charge is 2.09. The highest BCUT2D eigenvalue weighted by Crippen LogP contribution is 2.18. The average Bonchev–Trinajstić information content (AvgIpc) is 2.42. The summed E-state index contributed by atoms with van der Waals surface area (Å²) >= 11 is 0. The van der Waals surface area contributed by atoms with Crippen LogP contribution in [-0.2, 0) is 11.2 Å². The van der Waals surface area contributed by atoms with Gasteiger partial charge in [0.05, 0.1) is 12.2 Å². The molecule has 2 aromatic rings. The molecule has 0 unspecified atom stereocenters. The molecule has 0 saturated carbocycles. The highest BCUT2D eigenvalue weighted by molar-refractivity contribution is 5.90. The molecule has 0 bridgehead atoms. The molecule has 0 atom stereocenters. The molecule has 19 heavy (non-hydrogen) atoms. The molecule has 0 aromatic heterocycles. The van der Waals surface area contributed by atoms with E-state index in [1.165, 1.54) is 5.56 Å². The lowest BCUT2D eigenvalue weighted by Gasteiger charge is -2.08. The highest BCUT2D eigenvalue weighted by atomic mass is 16.5. The van der Waals surface area contributed by atoms with Gasteiger partial charge in [0.15, 0.2) is 0 Å². The zero-order valence-electron chi connectivity index (χ0n) is 10.9. The second-order valence-corrected chi connectivity index (χ2v) is 4.30. The lowest BCUT2D eigenvalue weighted by molar-refractivity contribution is 0.0526. The van der Waals surface area contributed by atoms with Crippen molar-refractivity contribution in [3.05, 3.63) is 65.2 Å². The van der Waals surface area contributed by atoms with Crippen molar-refractivity contribution in [2.24, 2.45) is 0 Å². The summed E-state index contributed by atoms with van der Waals surface area (Å²) in [6.45, 7) is 2.15. The molecule has 0 spiro atoms. The molecule has 0 aliphatic heterocycles. The summed E-state index contributed by atoms with van der Waals surface area (Å²) in [6.07, 6.45) is 0.760. The van der Waals surface area contributed by atoms with Crippen molar-refractivity contribution in [1.82, 2.24) is 0 Å². The van der Waals surface area contributed by atoms with Gasteiger partial charge in [-0.1, -0.05) is 36.4 Å². The Balaban J connectivity index is 2.18. The number of nitrogens with two attached hydrogens (primary N) is 1. The van der Waals surface area contributed by atoms with Gasteiger partial charge in [-0.25, -0.2) is 4.79 Å². The van der Waals surface area contributed by atoms with Crippen LogP contribution in [0.3, 0.4) is 0 Å². The third-order valence-electron chi connectivity index (χ3n) is 2.89. The molecule has 3 nitrogen and oxygen atoms in total. The second-order valence-electron chi connectivity index (χ2n) is 4.30. The van der Waals surface area contributed by atoms with E-state index in [0.29, 0.717) is 17.9 Å². The van der Waals surface area contributed by atoms with Crippen molar-refractivity contribution >= 4 is 11.7 Å². The standard InChI is InChI=1S/C16H17NO2/c1-2-19-16(18)14-9-8-13(15(17)11-14)10-12-6-4-3-5-7-12/h3-9,11H,2,10,17H2,1H3. The molecule has 2 N–H and O–H groups in total. The Bertz CT molecular complexity index is 564. The van der Waals surface area contributed by atoms with Crippen molar-refractivity contribution in [2.45, 2.75) is 13.3 Å². The van der Waals surface area contributed by atoms with E-state index < -0.39 is 0 Å². The van der Waals surface area contributed by atoms with Crippen molar-refractivity contribution in [3.8, 4) is 0 Å². The predicted molar refractivity (Wildman–Crippen MR) is 76.1 cm³/mol. The lowest BCUT2D eigenvalue weighted by atomic mass is 10.0. The van der Waals surface area contributed by atoms with Crippen LogP contribution >= 0.6 is 0 Å². The Morgan fingerprint density at radius 3 is 2.53 bits per heavy atom. The van der Waals surface area contributed by atoms with E-state index in [0.717, 1.165) is 12.0 Å². The molecule has 0 saturated heterocycles. The van der Waals surface area contributed by atoms with Gasteiger partial charge in [-0.15, -0.1) is 0 Å². The van der Waals surface area contributed by atoms with Crippen LogP contribution in [0.2, 0.25) is 0 Å². The molecule has 2 aromatic carbocycles. The third kappa shape index (κ3) is 3.35. The summed E-state index contributed by atoms with van der Waals surface area (Å²) in [5, 5.41) is 0. The maximum absolute atomic E-state index is 11.6. The minimum atomic E-state index is -0.333. The minimum Gasteiger partial charge on any atom is -0.462 e. The number of anilines is 1. The predicted octanol–water partition coefficient (Wildman–Crippen LogP) is 3.04. The van der Waals surface area contributed by atoms with Gasteiger partial charge in [0.2, 0.25) is 0 Å². The van der Waals surface area contributed by atoms with Gasteiger partial charge in [-0.2, -0.15) is 0 Å². The van der Waals surface area contributed by atoms with Crippen LogP contribution < -0.4 is 5.73 Å². The van der Waals surface area contributed by atoms with Crippen molar-refractivity contribution in [2.75, 3.05) is 12.3 Å². The van der Waals surface area contributed by atoms with Crippen LogP contribution in [0.4, 0.5) is 5.69 Å². The maximum atomic E-state index is 11.6. The Morgan fingerprint density at radius 1 is 1.16 bits per heavy atom. The first-order valence-corrected chi connectivity index (χ1v) is 6.30. The van der Waals surface area contributed by atoms with Crippen LogP contribution in [0.5, 0.6) is 0 Å². The normalized spacial score (nSPS) is 10.2. The Morgan fingerprint density at radius 2 is 1.89 bits per heavy atom. The quantitative estimate of drug-likeness (QED) is 0.675. The smallest absolute Gasteiger partial charge is 0.338 e. The first-order chi connectivity index (χ1) is 9.20. The number of rotatable bonds is 4. The average molecular weight is 255 g/mol. The van der Waals surface area contributed by atoms with E-state index in [2.05, 4.69) is 12.1 Å². The van der Waals surface area contributed by atoms with E-state index >= 15 is 0 Å². The Hall–Kier alpha value is -2.29. The van der Waals surface area contributed by atoms with Gasteiger partial charge in [-0.05, 0) is 36.6 Å². The number of hydrogen-bond donors (Lipinski definition) is 1. The van der Waals surface area contributed by atoms with E-state index in [1.807, 2.05) is 24.3 Å². The monoisotopic (exact) mass is 255 g/mol. The van der Waals surface area contributed by atoms with E-state index in [9.17, 15) is 4.79 Å². The second kappa shape index (κ2) is 6.05. The van der Waals surface area contributed by atoms with Crippen LogP contribution in [0.25, 0.3) is 0 Å². The molecule has 0 heterocycles. The molecule has 0 amide bonds. The lowest BCUT2D eigenvalue weighted by Crippen LogP contribution is -2.06. The van der Waals surface area contributed by atoms with Gasteiger partial charge >= 0.3 is 5.97 Å². The SMILES string of the molecule is CCOC(=O)c1ccc(Cc2ccccc2)c(N)c1. The fourth-order valence-corrected chi connectivity index (χ4v) is 1.91. The molecule has 0 aliphatic carbocycles. The number of hydrogen-bond acceptors (Lipinski definition) is 3. The minimum absolute atomic E-state index is 0.333. The van der Waals surface area contributed by atoms with Crippen molar-refractivity contribution < 1.29 is 9.53 Å². The topological polar surface area (TPSA) is 52.3 Å². The fraction of sp³-hybridized carbons (Fsp3) is 0.188. The van der Waals surface area contributed by atoms with Gasteiger partial charge in [0.25, 0.3) is 0 Å². The van der Waals surface area contributed by atoms with Crippen LogP contribution in [0.15, 0.2) is 48.5 Å². The fourth-order valence-electron chi connectivity index (χ4n) is 1.91. The Kier molecular flexibility index (Phi) is 4.18. The molecule has 0 radical (unpaired) electrons. The molecular formula is C16H17NO2. The van der Waals surface area contributed by atoms with Gasteiger partial charge in [0.1, 0.15) is 0 Å². The van der Waals surface area contributed by atoms with E-state index in [4.69, 9.17) is 10.5 Å². The number of esters is 1. The zero-order valence-corrected chi connectivity index (χ0v) is 10.9. The van der Waals surface area contributed by atoms with Gasteiger partial charge in [0, 0.05) is 5.69 Å². The summed E-state index contributed by atoms with van der Waals surface area (Å²) in [6, 6.07) is 15.4. The van der Waals surface area contributed by atoms with Crippen LogP contribution in [0.1, 0.15) is 28.4 Å². The summed E-state index contributed by atoms with van der Waals surface area (Å²) in [7, 11) is 0. The van der Waals surface area contributed by atoms with Crippen LogP contribution in [-0.4, -0.2) is 12.6 Å². The number of nitrogen functional groups attached to an aromatic ring is 1. The van der Waals surface area contributed by atoms with E-state index in [-0.39, 0.29) is 5.97 Å². The summed E-state index contributed by atoms with van der Waals surface area (Å²) in [4.78, 5) is 11.6. The maximum Gasteiger partial charge on any atom is 0.338 e. The molecule has 2 rings (SSSR count). The summed E-state index contributed by atoms with van der Waals surface area (Å²) in [5.74, 6) is -0.333. The van der Waals surface area contributed by atoms with E-state index in [1.54, 1.807) is 19.1 Å². The molecular weight excluding hydrogens is 238 g/mol. The number of carbonyl (C=O) groups excluding carboxylic acids is 1. The summed E-state index contributed by atoms with van der Waals surface area (Å²) < 4.78 is 4.95. The summed E-state index contributed by atoms with van der Waals surface area (Å²) in [5.41, 5.74) is 9.32. The Labute approximate surface area is 113 Å². The number of carbonyl (C=O) groups is 1. The van der Waals surface area contributed by atoms with Gasteiger partial charge < -0.3 is 10.5 Å². The number of ether oxygens (including phenoxy) is 1. The molecule has 3 heteroatoms. The van der Waals surface area contributed by atoms with Gasteiger partial charge in [-0.3, -0.25) is 0 Å². The number of benzene rings is 2. The zero-order chi connectivity index (χ0) is 13.7. The molecule has 0 aliphatic rings. The largest absolute Gasteiger partial charge is 0.462 e. The molecule has 98 valence electrons. The van der Waals surface area contributed by atoms with Crippen LogP contribution in [0, 0.1) is 0 Å². The van der Waals surface area contributed by atoms with Crippen molar-refractivity contribution in [3.63, 3.8) is 0 Å². The first-order valence-electron chi connectivity index (χ1n) is 6.30.